The number of rotatable bonds is 7. The van der Waals surface area contributed by atoms with Crippen LogP contribution in [-0.4, -0.2) is 37.7 Å². The lowest BCUT2D eigenvalue weighted by Gasteiger charge is -2.34. The van der Waals surface area contributed by atoms with Gasteiger partial charge in [-0.3, -0.25) is 0 Å². The van der Waals surface area contributed by atoms with E-state index in [1.54, 1.807) is 0 Å². The van der Waals surface area contributed by atoms with Crippen LogP contribution in [0.1, 0.15) is 11.1 Å². The number of aliphatic hydroxyl groups is 1. The molecule has 0 aliphatic carbocycles. The predicted octanol–water partition coefficient (Wildman–Crippen LogP) is 5.38. The third-order valence-corrected chi connectivity index (χ3v) is 6.75. The van der Waals surface area contributed by atoms with Crippen molar-refractivity contribution < 1.29 is 27.2 Å². The van der Waals surface area contributed by atoms with Crippen molar-refractivity contribution in [3.8, 4) is 5.75 Å². The summed E-state index contributed by atoms with van der Waals surface area (Å²) in [6.45, 7) is 0.172. The third kappa shape index (κ3) is 6.07. The minimum Gasteiger partial charge on any atom is -0.424 e. The number of nitrogens with zero attached hydrogens (tertiary/aromatic N) is 3. The maximum atomic E-state index is 12.6. The van der Waals surface area contributed by atoms with Crippen molar-refractivity contribution in [2.75, 3.05) is 29.3 Å². The molecule has 1 N–H and O–H groups in total. The minimum absolute atomic E-state index is 0.0513. The Morgan fingerprint density at radius 2 is 1.54 bits per heavy atom. The lowest BCUT2D eigenvalue weighted by Crippen LogP contribution is -2.38. The zero-order chi connectivity index (χ0) is 25.0. The zero-order valence-corrected chi connectivity index (χ0v) is 19.8. The fourth-order valence-corrected chi connectivity index (χ4v) is 5.00. The van der Waals surface area contributed by atoms with Gasteiger partial charge in [-0.2, -0.15) is 0 Å². The van der Waals surface area contributed by atoms with Gasteiger partial charge in [-0.25, -0.2) is 0 Å². The van der Waals surface area contributed by atoms with Crippen LogP contribution in [0.3, 0.4) is 0 Å². The van der Waals surface area contributed by atoms with E-state index in [1.165, 1.54) is 34.6 Å². The number of alkyl halides is 3. The molecule has 1 heterocycles. The molecular weight excluding hydrogens is 479 g/mol. The standard InChI is InChI=1S/C25H25F3N3O3S/c1-29-35(33)31(20-12-14-22(15-13-20)34-25(26,27)28)17-21(32)16-30-23-8-4-2-6-18(23)10-11-19-7-3-5-9-24(19)30/h2-9,12-15,21,32H,10-11,16-17H2,1H3/q-1/t21-/m1/s1. The summed E-state index contributed by atoms with van der Waals surface area (Å²) in [4.78, 5) is 2.06. The Morgan fingerprint density at radius 1 is 1.00 bits per heavy atom. The van der Waals surface area contributed by atoms with Crippen LogP contribution in [0.25, 0.3) is 0 Å². The van der Waals surface area contributed by atoms with E-state index in [-0.39, 0.29) is 13.1 Å². The minimum atomic E-state index is -4.81. The van der Waals surface area contributed by atoms with Crippen LogP contribution in [0, 0.1) is 0 Å². The van der Waals surface area contributed by atoms with E-state index < -0.39 is 29.0 Å². The molecule has 0 bridgehead atoms. The molecule has 1 atom stereocenters. The van der Waals surface area contributed by atoms with Crippen LogP contribution >= 0.6 is 0 Å². The van der Waals surface area contributed by atoms with Gasteiger partial charge in [0.25, 0.3) is 0 Å². The van der Waals surface area contributed by atoms with Gasteiger partial charge in [-0.15, -0.1) is 13.2 Å². The average Bonchev–Trinajstić information content (AvgIpc) is 2.99. The van der Waals surface area contributed by atoms with Crippen molar-refractivity contribution in [1.82, 2.24) is 0 Å². The van der Waals surface area contributed by atoms with E-state index >= 15 is 0 Å². The first kappa shape index (κ1) is 24.9. The summed E-state index contributed by atoms with van der Waals surface area (Å²) in [7, 11) is -0.473. The number of para-hydroxylation sites is 2. The maximum absolute atomic E-state index is 12.6. The first-order valence-electron chi connectivity index (χ1n) is 11.0. The van der Waals surface area contributed by atoms with Gasteiger partial charge in [0.05, 0.1) is 12.6 Å². The van der Waals surface area contributed by atoms with Crippen molar-refractivity contribution in [1.29, 1.82) is 0 Å². The van der Waals surface area contributed by atoms with Crippen molar-refractivity contribution in [2.45, 2.75) is 25.3 Å². The molecule has 3 aromatic carbocycles. The second kappa shape index (κ2) is 10.6. The number of ether oxygens (including phenoxy) is 1. The molecule has 3 aromatic rings. The highest BCUT2D eigenvalue weighted by Gasteiger charge is 2.31. The quantitative estimate of drug-likeness (QED) is 0.439. The molecule has 6 nitrogen and oxygen atoms in total. The van der Waals surface area contributed by atoms with Gasteiger partial charge in [0.15, 0.2) is 0 Å². The molecule has 0 amide bonds. The first-order valence-corrected chi connectivity index (χ1v) is 12.1. The number of aliphatic hydroxyl groups excluding tert-OH is 1. The topological polar surface area (TPSA) is 65.4 Å². The highest BCUT2D eigenvalue weighted by molar-refractivity contribution is 7.76. The monoisotopic (exact) mass is 504 g/mol. The molecule has 0 unspecified atom stereocenters. The first-order chi connectivity index (χ1) is 16.7. The summed E-state index contributed by atoms with van der Waals surface area (Å²) >= 11 is 0. The van der Waals surface area contributed by atoms with Gasteiger partial charge >= 0.3 is 6.36 Å². The molecule has 10 heteroatoms. The number of halogens is 3. The van der Waals surface area contributed by atoms with Gasteiger partial charge < -0.3 is 27.6 Å². The van der Waals surface area contributed by atoms with Crippen molar-refractivity contribution in [2.24, 2.45) is 4.36 Å². The summed E-state index contributed by atoms with van der Waals surface area (Å²) in [6.07, 6.45) is -4.02. The zero-order valence-electron chi connectivity index (χ0n) is 19.0. The fraction of sp³-hybridized carbons (Fsp3) is 0.280. The van der Waals surface area contributed by atoms with Crippen molar-refractivity contribution >= 4 is 27.8 Å². The largest absolute Gasteiger partial charge is 0.573 e. The van der Waals surface area contributed by atoms with Crippen LogP contribution in [0.5, 0.6) is 5.75 Å². The summed E-state index contributed by atoms with van der Waals surface area (Å²) in [5, 5.41) is 11.1. The normalized spacial score (nSPS) is 15.1. The molecule has 0 spiro atoms. The Hall–Kier alpha value is -3.24. The molecule has 0 fully saturated rings. The highest BCUT2D eigenvalue weighted by atomic mass is 32.2. The van der Waals surface area contributed by atoms with E-state index in [2.05, 4.69) is 26.1 Å². The number of aryl methyl sites for hydroxylation is 2. The molecule has 1 aliphatic rings. The predicted molar refractivity (Wildman–Crippen MR) is 130 cm³/mol. The highest BCUT2D eigenvalue weighted by Crippen LogP contribution is 2.36. The lowest BCUT2D eigenvalue weighted by atomic mass is 10.0. The Bertz CT molecular complexity index is 1200. The van der Waals surface area contributed by atoms with Crippen LogP contribution < -0.4 is 13.9 Å². The number of hydrogen-bond acceptors (Lipinski definition) is 6. The summed E-state index contributed by atoms with van der Waals surface area (Å²) in [6, 6.07) is 21.0. The Kier molecular flexibility index (Phi) is 7.51. The number of hydrogen-bond donors (Lipinski definition) is 1. The SMILES string of the molecule is CN=[S-](=O)N(C[C@H](O)CN1c2ccccc2CCc2ccccc21)c1ccc(OC(F)(F)F)cc1. The number of benzene rings is 3. The molecule has 4 rings (SSSR count). The van der Waals surface area contributed by atoms with Crippen LogP contribution in [0.4, 0.5) is 30.2 Å². The Labute approximate surface area is 203 Å². The molecule has 0 saturated heterocycles. The van der Waals surface area contributed by atoms with Crippen LogP contribution in [0.15, 0.2) is 77.2 Å². The summed E-state index contributed by atoms with van der Waals surface area (Å²) in [5.41, 5.74) is 4.68. The lowest BCUT2D eigenvalue weighted by molar-refractivity contribution is -0.274. The van der Waals surface area contributed by atoms with Crippen LogP contribution in [-0.2, 0) is 27.8 Å². The molecular formula is C25H25F3N3O3S-. The average molecular weight is 505 g/mol. The summed E-state index contributed by atoms with van der Waals surface area (Å²) < 4.78 is 59.1. The van der Waals surface area contributed by atoms with Gasteiger partial charge in [-0.1, -0.05) is 47.2 Å². The Morgan fingerprint density at radius 3 is 2.06 bits per heavy atom. The smallest absolute Gasteiger partial charge is 0.424 e. The van der Waals surface area contributed by atoms with Gasteiger partial charge in [0, 0.05) is 30.7 Å². The molecule has 0 aromatic heterocycles. The second-order valence-electron chi connectivity index (χ2n) is 8.04. The molecule has 186 valence electrons. The van der Waals surface area contributed by atoms with E-state index in [9.17, 15) is 22.5 Å². The van der Waals surface area contributed by atoms with E-state index in [0.717, 1.165) is 36.3 Å². The van der Waals surface area contributed by atoms with Crippen molar-refractivity contribution in [3.05, 3.63) is 83.9 Å². The number of fused-ring (bicyclic) bond motifs is 2. The molecule has 1 aliphatic heterocycles. The van der Waals surface area contributed by atoms with Gasteiger partial charge in [0.1, 0.15) is 5.75 Å². The van der Waals surface area contributed by atoms with E-state index in [0.29, 0.717) is 5.69 Å². The maximum Gasteiger partial charge on any atom is 0.573 e. The molecule has 0 radical (unpaired) electrons. The fourth-order valence-electron chi connectivity index (χ4n) is 4.20. The van der Waals surface area contributed by atoms with E-state index in [1.807, 2.05) is 36.4 Å². The molecule has 0 saturated carbocycles. The Balaban J connectivity index is 1.58. The summed E-state index contributed by atoms with van der Waals surface area (Å²) in [5.74, 6) is -0.390. The third-order valence-electron chi connectivity index (χ3n) is 5.70. The van der Waals surface area contributed by atoms with Crippen LogP contribution in [0.2, 0.25) is 0 Å². The van der Waals surface area contributed by atoms with E-state index in [4.69, 9.17) is 0 Å². The van der Waals surface area contributed by atoms with Gasteiger partial charge in [-0.05, 0) is 60.4 Å². The number of anilines is 3. The van der Waals surface area contributed by atoms with Crippen molar-refractivity contribution in [3.63, 3.8) is 0 Å². The number of β-amino-alcohol motifs (C(OH)–C–C–N with tert-alkyl or cyclic N) is 1. The second-order valence-corrected chi connectivity index (χ2v) is 9.31. The molecule has 35 heavy (non-hydrogen) atoms. The van der Waals surface area contributed by atoms with Gasteiger partial charge in [0.2, 0.25) is 0 Å².